The number of aliphatic hydroxyl groups excluding tert-OH is 15. The number of carbonyl (C=O) groups is 3. The number of ether oxygens (including phenoxy) is 10. The monoisotopic (exact) mass is 1540 g/mol. The zero-order chi connectivity index (χ0) is 78.2. The smallest absolute Gasteiger partial charge is 0.220 e. The van der Waals surface area contributed by atoms with Crippen molar-refractivity contribution in [1.29, 1.82) is 0 Å². The molecule has 27 atom stereocenters. The molecule has 3 amide bonds. The Kier molecular flexibility index (Phi) is 46.8. The quantitative estimate of drug-likeness (QED) is 0.0305. The minimum Gasteiger partial charge on any atom is -0.394 e. The Morgan fingerprint density at radius 2 is 0.738 bits per heavy atom. The van der Waals surface area contributed by atoms with E-state index in [0.717, 1.165) is 65.2 Å². The van der Waals surface area contributed by atoms with Crippen LogP contribution in [-0.4, -0.2) is 300 Å². The lowest BCUT2D eigenvalue weighted by Crippen LogP contribution is -2.69. The Bertz CT molecular complexity index is 2430. The first-order chi connectivity index (χ1) is 51.5. The van der Waals surface area contributed by atoms with E-state index in [2.05, 4.69) is 41.9 Å². The Morgan fingerprint density at radius 1 is 0.374 bits per heavy atom. The highest BCUT2D eigenvalue weighted by molar-refractivity contribution is 5.76. The van der Waals surface area contributed by atoms with Crippen LogP contribution < -0.4 is 16.0 Å². The molecule has 10 unspecified atom stereocenters. The molecule has 0 radical (unpaired) electrons. The van der Waals surface area contributed by atoms with Crippen molar-refractivity contribution in [3.05, 3.63) is 24.3 Å². The molecule has 0 saturated carbocycles. The van der Waals surface area contributed by atoms with Gasteiger partial charge in [-0.25, -0.2) is 0 Å². The van der Waals surface area contributed by atoms with Crippen LogP contribution in [-0.2, 0) is 61.8 Å². The Hall–Kier alpha value is -3.11. The molecule has 0 aromatic rings. The molecular weight excluding hydrogens is 1400 g/mol. The Morgan fingerprint density at radius 3 is 1.21 bits per heavy atom. The third-order valence-electron chi connectivity index (χ3n) is 20.8. The number of nitrogens with one attached hydrogen (secondary N) is 3. The van der Waals surface area contributed by atoms with Gasteiger partial charge in [-0.05, 0) is 44.9 Å². The van der Waals surface area contributed by atoms with E-state index in [4.69, 9.17) is 47.4 Å². The highest BCUT2D eigenvalue weighted by atomic mass is 16.8. The van der Waals surface area contributed by atoms with Gasteiger partial charge in [-0.2, -0.15) is 0 Å². The van der Waals surface area contributed by atoms with E-state index >= 15 is 0 Å². The third kappa shape index (κ3) is 32.0. The van der Waals surface area contributed by atoms with Crippen LogP contribution in [0.2, 0.25) is 0 Å². The number of amides is 3. The largest absolute Gasteiger partial charge is 0.394 e. The third-order valence-corrected chi connectivity index (χ3v) is 20.8. The molecule has 5 rings (SSSR count). The van der Waals surface area contributed by atoms with Crippen molar-refractivity contribution in [3.63, 3.8) is 0 Å². The lowest BCUT2D eigenvalue weighted by atomic mass is 9.94. The normalized spacial score (nSPS) is 34.1. The van der Waals surface area contributed by atoms with Crippen LogP contribution in [0, 0.1) is 0 Å². The SMILES string of the molecule is CCCCCCCC/C=C\CCCCCCCCCCCCCC(=O)N[C@@H](CO[C@@H]1OC(CO)[C@@H](O[C@@H]2OC(CO)[C@H](O[C@@H]3OC(CO)[C@H](O)[C@H](O[C@@H]4OC(CO[C@@H]5OC(CO)[C@@H](O)[C@H](O)C5NC(C)=O)[C@H](O)[C@H](O)C4NC(C)=O)C3O)[C@H](O)C2O)[C@H](O)C1O)[C@H](O)/C=C/CCCCCCCCCCCCC. The van der Waals surface area contributed by atoms with Gasteiger partial charge in [-0.1, -0.05) is 192 Å². The van der Waals surface area contributed by atoms with Crippen LogP contribution in [0.5, 0.6) is 0 Å². The summed E-state index contributed by atoms with van der Waals surface area (Å²) in [6, 6.07) is -4.16. The van der Waals surface area contributed by atoms with Gasteiger partial charge in [-0.15, -0.1) is 0 Å². The van der Waals surface area contributed by atoms with Gasteiger partial charge in [-0.3, -0.25) is 14.4 Å². The number of carbonyl (C=O) groups excluding carboxylic acids is 3. The predicted octanol–water partition coefficient (Wildman–Crippen LogP) is 1.87. The summed E-state index contributed by atoms with van der Waals surface area (Å²) in [7, 11) is 0. The molecule has 18 N–H and O–H groups in total. The number of allylic oxidation sites excluding steroid dienone is 3. The molecule has 0 aliphatic carbocycles. The average Bonchev–Trinajstić information content (AvgIpc) is 0.777. The fourth-order valence-corrected chi connectivity index (χ4v) is 14.3. The molecule has 5 aliphatic heterocycles. The number of hydrogen-bond donors (Lipinski definition) is 18. The molecule has 624 valence electrons. The van der Waals surface area contributed by atoms with Crippen LogP contribution >= 0.6 is 0 Å². The number of hydrogen-bond acceptors (Lipinski definition) is 28. The molecule has 31 nitrogen and oxygen atoms in total. The molecule has 0 spiro atoms. The van der Waals surface area contributed by atoms with Crippen molar-refractivity contribution < 1.29 is 138 Å². The molecule has 0 bridgehead atoms. The molecular formula is C76H137N3O28. The van der Waals surface area contributed by atoms with E-state index in [1.165, 1.54) is 135 Å². The second-order valence-electron chi connectivity index (χ2n) is 29.6. The molecule has 5 aliphatic rings. The maximum atomic E-state index is 13.5. The zero-order valence-electron chi connectivity index (χ0n) is 63.8. The van der Waals surface area contributed by atoms with Crippen molar-refractivity contribution in [2.75, 3.05) is 39.6 Å². The summed E-state index contributed by atoms with van der Waals surface area (Å²) in [6.07, 6.45) is 0.670. The molecule has 5 heterocycles. The van der Waals surface area contributed by atoms with Gasteiger partial charge in [0, 0.05) is 20.3 Å². The summed E-state index contributed by atoms with van der Waals surface area (Å²) in [4.78, 5) is 38.1. The fourth-order valence-electron chi connectivity index (χ4n) is 14.3. The first kappa shape index (κ1) is 94.5. The van der Waals surface area contributed by atoms with Gasteiger partial charge >= 0.3 is 0 Å². The van der Waals surface area contributed by atoms with E-state index in [-0.39, 0.29) is 12.3 Å². The van der Waals surface area contributed by atoms with Crippen molar-refractivity contribution in [2.45, 2.75) is 399 Å². The molecule has 0 aromatic heterocycles. The Labute approximate surface area is 632 Å². The molecule has 5 saturated heterocycles. The topological polar surface area (TPSA) is 483 Å². The standard InChI is InChI=1S/C76H137N3O28/c1-5-7-9-11-13-15-17-19-20-21-22-23-24-25-26-28-30-32-34-36-38-40-56(87)79-49(50(86)39-37-35-33-31-29-27-18-16-14-12-10-8-6-2)45-98-74-66(95)64(93)69(53(43-82)102-74)105-75-67(96)65(94)70(54(44-83)103-75)106-76-68(97)71(61(90)52(42-81)101-76)107-73-58(78-48(4)85)63(92)60(89)55(104-73)46-99-72-57(77-47(3)84)62(91)59(88)51(41-80)100-72/h19-20,37,39,49-55,57-76,80-83,86,88-97H,5-18,21-36,38,40-46H2,1-4H3,(H,77,84)(H,78,85)(H,79,87)/b20-19-,39-37+/t49-,50+,51?,52?,53?,54?,55?,57?,58?,59+,60-,61-,62+,63+,64+,65+,66?,67?,68?,69+,70-,71-,72+,73-,74+,75-,76-/m0/s1. The van der Waals surface area contributed by atoms with E-state index < -0.39 is 217 Å². The summed E-state index contributed by atoms with van der Waals surface area (Å²) in [5.74, 6) is -1.79. The van der Waals surface area contributed by atoms with Crippen molar-refractivity contribution in [3.8, 4) is 0 Å². The van der Waals surface area contributed by atoms with Crippen molar-refractivity contribution in [2.24, 2.45) is 0 Å². The number of unbranched alkanes of at least 4 members (excludes halogenated alkanes) is 28. The van der Waals surface area contributed by atoms with Gasteiger partial charge in [0.15, 0.2) is 31.5 Å². The molecule has 5 fully saturated rings. The van der Waals surface area contributed by atoms with Crippen molar-refractivity contribution in [1.82, 2.24) is 16.0 Å². The summed E-state index contributed by atoms with van der Waals surface area (Å²) in [5.41, 5.74) is 0. The van der Waals surface area contributed by atoms with Crippen LogP contribution in [0.1, 0.15) is 233 Å². The summed E-state index contributed by atoms with van der Waals surface area (Å²) >= 11 is 0. The zero-order valence-corrected chi connectivity index (χ0v) is 63.8. The second-order valence-corrected chi connectivity index (χ2v) is 29.6. The van der Waals surface area contributed by atoms with E-state index in [1.807, 2.05) is 6.08 Å². The van der Waals surface area contributed by atoms with Gasteiger partial charge in [0.25, 0.3) is 0 Å². The van der Waals surface area contributed by atoms with Crippen LogP contribution in [0.25, 0.3) is 0 Å². The number of rotatable bonds is 54. The maximum absolute atomic E-state index is 13.5. The highest BCUT2D eigenvalue weighted by Crippen LogP contribution is 2.36. The van der Waals surface area contributed by atoms with E-state index in [0.29, 0.717) is 12.8 Å². The lowest BCUT2D eigenvalue weighted by Gasteiger charge is -2.49. The minimum absolute atomic E-state index is 0.193. The van der Waals surface area contributed by atoms with Crippen molar-refractivity contribution >= 4 is 17.7 Å². The van der Waals surface area contributed by atoms with Gasteiger partial charge in [0.05, 0.1) is 51.8 Å². The van der Waals surface area contributed by atoms with Gasteiger partial charge < -0.3 is 140 Å². The predicted molar refractivity (Wildman–Crippen MR) is 389 cm³/mol. The van der Waals surface area contributed by atoms with E-state index in [9.17, 15) is 91.0 Å². The molecule has 31 heteroatoms. The molecule has 0 aromatic carbocycles. The van der Waals surface area contributed by atoms with Crippen LogP contribution in [0.15, 0.2) is 24.3 Å². The highest BCUT2D eigenvalue weighted by Gasteiger charge is 2.56. The first-order valence-corrected chi connectivity index (χ1v) is 40.1. The fraction of sp³-hybridized carbons (Fsp3) is 0.908. The maximum Gasteiger partial charge on any atom is 0.220 e. The van der Waals surface area contributed by atoms with Crippen LogP contribution in [0.4, 0.5) is 0 Å². The van der Waals surface area contributed by atoms with E-state index in [1.54, 1.807) is 6.08 Å². The summed E-state index contributed by atoms with van der Waals surface area (Å²) in [5, 5.41) is 174. The lowest BCUT2D eigenvalue weighted by molar-refractivity contribution is -0.387. The molecule has 107 heavy (non-hydrogen) atoms. The summed E-state index contributed by atoms with van der Waals surface area (Å²) in [6.45, 7) is 1.75. The van der Waals surface area contributed by atoms with Crippen LogP contribution in [0.3, 0.4) is 0 Å². The minimum atomic E-state index is -2.18. The van der Waals surface area contributed by atoms with Gasteiger partial charge in [0.1, 0.15) is 122 Å². The average molecular weight is 1540 g/mol. The summed E-state index contributed by atoms with van der Waals surface area (Å²) < 4.78 is 58.7. The Balaban J connectivity index is 1.15. The number of aliphatic hydroxyl groups is 15. The second kappa shape index (κ2) is 53.1. The first-order valence-electron chi connectivity index (χ1n) is 40.1. The van der Waals surface area contributed by atoms with Gasteiger partial charge in [0.2, 0.25) is 17.7 Å².